The molecule has 1 saturated carbocycles. The second-order valence-electron chi connectivity index (χ2n) is 8.78. The van der Waals surface area contributed by atoms with Gasteiger partial charge in [0.25, 0.3) is 0 Å². The van der Waals surface area contributed by atoms with Crippen LogP contribution in [0.2, 0.25) is 0 Å². The van der Waals surface area contributed by atoms with Crippen LogP contribution in [-0.2, 0) is 6.42 Å². The molecule has 3 atom stereocenters. The Bertz CT molecular complexity index is 884. The minimum absolute atomic E-state index is 0.0433. The maximum atomic E-state index is 12.4. The van der Waals surface area contributed by atoms with Gasteiger partial charge in [-0.25, -0.2) is 4.79 Å². The first-order valence-electron chi connectivity index (χ1n) is 10.4. The van der Waals surface area contributed by atoms with Crippen LogP contribution >= 0.6 is 0 Å². The number of likely N-dealkylation sites (tertiary alicyclic amines) is 1. The van der Waals surface area contributed by atoms with E-state index in [1.54, 1.807) is 10.5 Å². The van der Waals surface area contributed by atoms with Crippen molar-refractivity contribution in [1.82, 2.24) is 20.1 Å². The number of hydrogen-bond acceptors (Lipinski definition) is 2. The Morgan fingerprint density at radius 3 is 2.93 bits per heavy atom. The van der Waals surface area contributed by atoms with Gasteiger partial charge in [-0.2, -0.15) is 0 Å². The molecule has 0 bridgehead atoms. The zero-order chi connectivity index (χ0) is 18.7. The van der Waals surface area contributed by atoms with Gasteiger partial charge in [0.1, 0.15) is 0 Å². The molecule has 1 aromatic carbocycles. The van der Waals surface area contributed by atoms with Gasteiger partial charge in [0.15, 0.2) is 0 Å². The molecule has 0 spiro atoms. The third-order valence-electron chi connectivity index (χ3n) is 7.02. The van der Waals surface area contributed by atoms with Crippen molar-refractivity contribution in [3.8, 4) is 0 Å². The molecule has 1 aromatic heterocycles. The van der Waals surface area contributed by atoms with Crippen molar-refractivity contribution in [2.24, 2.45) is 0 Å². The quantitative estimate of drug-likeness (QED) is 0.874. The summed E-state index contributed by atoms with van der Waals surface area (Å²) in [5.41, 5.74) is 5.87. The number of rotatable bonds is 3. The molecular weight excluding hydrogens is 336 g/mol. The molecule has 1 aliphatic heterocycles. The van der Waals surface area contributed by atoms with Crippen molar-refractivity contribution in [1.29, 1.82) is 0 Å². The summed E-state index contributed by atoms with van der Waals surface area (Å²) < 4.78 is 0. The van der Waals surface area contributed by atoms with E-state index in [1.165, 1.54) is 35.0 Å². The maximum absolute atomic E-state index is 12.4. The van der Waals surface area contributed by atoms with E-state index in [4.69, 9.17) is 0 Å². The molecular formula is C22H30N4O. The molecule has 5 heteroatoms. The largest absolute Gasteiger partial charge is 0.358 e. The van der Waals surface area contributed by atoms with Gasteiger partial charge in [-0.3, -0.25) is 0 Å². The number of hydrogen-bond donors (Lipinski definition) is 2. The van der Waals surface area contributed by atoms with E-state index in [0.29, 0.717) is 12.0 Å². The fraction of sp³-hybridized carbons (Fsp3) is 0.591. The number of nitrogens with one attached hydrogen (secondary N) is 2. The van der Waals surface area contributed by atoms with E-state index in [9.17, 15) is 4.79 Å². The van der Waals surface area contributed by atoms with E-state index < -0.39 is 0 Å². The number of likely N-dealkylation sites (N-methyl/N-ethyl adjacent to an activating group) is 1. The highest BCUT2D eigenvalue weighted by atomic mass is 16.2. The van der Waals surface area contributed by atoms with Crippen LogP contribution in [-0.4, -0.2) is 60.1 Å². The average molecular weight is 367 g/mol. The number of fused-ring (bicyclic) bond motifs is 2. The number of nitrogens with zero attached hydrogens (tertiary/aromatic N) is 2. The second kappa shape index (κ2) is 6.26. The van der Waals surface area contributed by atoms with Crippen LogP contribution in [0.3, 0.4) is 0 Å². The number of carbonyl (C=O) groups is 1. The third kappa shape index (κ3) is 2.75. The molecule has 3 aliphatic rings. The Hall–Kier alpha value is -2.01. The Labute approximate surface area is 161 Å². The first-order valence-corrected chi connectivity index (χ1v) is 10.4. The Kier molecular flexibility index (Phi) is 3.97. The second-order valence-corrected chi connectivity index (χ2v) is 8.78. The van der Waals surface area contributed by atoms with Gasteiger partial charge >= 0.3 is 6.03 Å². The molecule has 2 amide bonds. The lowest BCUT2D eigenvalue weighted by Gasteiger charge is -2.46. The standard InChI is InChI=1S/C22H30N4O/c1-4-25(2)22(27)23-14-10-16-15-6-5-7-18-20(15)17(11-19(16)26(3)12-14)21(24-18)13-8-9-13/h5-7,13-14,16,19,24H,4,8-12H2,1-3H3,(H,23,27)/t14?,16?,19-/m1/s1. The normalized spacial score (nSPS) is 27.4. The smallest absolute Gasteiger partial charge is 0.317 e. The number of H-pyrrole nitrogens is 1. The van der Waals surface area contributed by atoms with Gasteiger partial charge in [-0.15, -0.1) is 0 Å². The summed E-state index contributed by atoms with van der Waals surface area (Å²) in [5, 5.41) is 4.74. The highest BCUT2D eigenvalue weighted by Gasteiger charge is 2.42. The number of urea groups is 1. The number of carbonyl (C=O) groups excluding carboxylic acids is 1. The van der Waals surface area contributed by atoms with Crippen molar-refractivity contribution in [2.75, 3.05) is 27.2 Å². The number of aromatic amines is 1. The number of benzene rings is 1. The summed E-state index contributed by atoms with van der Waals surface area (Å²) in [5.74, 6) is 1.24. The van der Waals surface area contributed by atoms with E-state index in [0.717, 1.165) is 31.8 Å². The minimum atomic E-state index is 0.0433. The van der Waals surface area contributed by atoms with Crippen molar-refractivity contribution in [2.45, 2.75) is 56.5 Å². The van der Waals surface area contributed by atoms with Crippen molar-refractivity contribution < 1.29 is 4.79 Å². The molecule has 5 nitrogen and oxygen atoms in total. The number of amides is 2. The van der Waals surface area contributed by atoms with Crippen LogP contribution in [0.15, 0.2) is 18.2 Å². The van der Waals surface area contributed by atoms with E-state index in [2.05, 4.69) is 40.4 Å². The van der Waals surface area contributed by atoms with Crippen LogP contribution in [0.25, 0.3) is 10.9 Å². The van der Waals surface area contributed by atoms with Crippen LogP contribution in [0.1, 0.15) is 54.8 Å². The van der Waals surface area contributed by atoms with Crippen LogP contribution in [0.4, 0.5) is 4.79 Å². The molecule has 2 N–H and O–H groups in total. The summed E-state index contributed by atoms with van der Waals surface area (Å²) in [6.45, 7) is 3.67. The zero-order valence-electron chi connectivity index (χ0n) is 16.6. The number of piperidine rings is 1. The fourth-order valence-electron chi connectivity index (χ4n) is 5.31. The minimum Gasteiger partial charge on any atom is -0.358 e. The molecule has 144 valence electrons. The molecule has 27 heavy (non-hydrogen) atoms. The third-order valence-corrected chi connectivity index (χ3v) is 7.02. The summed E-state index contributed by atoms with van der Waals surface area (Å²) in [6, 6.07) is 7.54. The Morgan fingerprint density at radius 2 is 2.19 bits per heavy atom. The van der Waals surface area contributed by atoms with Gasteiger partial charge in [0, 0.05) is 54.7 Å². The predicted octanol–water partition coefficient (Wildman–Crippen LogP) is 3.42. The van der Waals surface area contributed by atoms with Gasteiger partial charge in [-0.05, 0) is 62.8 Å². The van der Waals surface area contributed by atoms with Crippen molar-refractivity contribution >= 4 is 16.9 Å². The zero-order valence-corrected chi connectivity index (χ0v) is 16.6. The summed E-state index contributed by atoms with van der Waals surface area (Å²) in [4.78, 5) is 20.4. The molecule has 2 unspecified atom stereocenters. The molecule has 1 saturated heterocycles. The van der Waals surface area contributed by atoms with Gasteiger partial charge in [0.2, 0.25) is 0 Å². The first kappa shape index (κ1) is 17.1. The molecule has 2 aromatic rings. The Balaban J connectivity index is 1.49. The molecule has 2 heterocycles. The lowest BCUT2D eigenvalue weighted by molar-refractivity contribution is 0.125. The molecule has 0 radical (unpaired) electrons. The van der Waals surface area contributed by atoms with E-state index in [-0.39, 0.29) is 12.1 Å². The topological polar surface area (TPSA) is 51.4 Å². The monoisotopic (exact) mass is 366 g/mol. The summed E-state index contributed by atoms with van der Waals surface area (Å²) >= 11 is 0. The molecule has 5 rings (SSSR count). The lowest BCUT2D eigenvalue weighted by Crippen LogP contribution is -2.56. The predicted molar refractivity (Wildman–Crippen MR) is 108 cm³/mol. The van der Waals surface area contributed by atoms with E-state index >= 15 is 0 Å². The molecule has 2 fully saturated rings. The van der Waals surface area contributed by atoms with Gasteiger partial charge < -0.3 is 20.1 Å². The van der Waals surface area contributed by atoms with Crippen LogP contribution < -0.4 is 5.32 Å². The van der Waals surface area contributed by atoms with Gasteiger partial charge in [-0.1, -0.05) is 12.1 Å². The van der Waals surface area contributed by atoms with Crippen molar-refractivity contribution in [3.63, 3.8) is 0 Å². The van der Waals surface area contributed by atoms with Gasteiger partial charge in [0.05, 0.1) is 0 Å². The fourth-order valence-corrected chi connectivity index (χ4v) is 5.31. The molecule has 2 aliphatic carbocycles. The highest BCUT2D eigenvalue weighted by Crippen LogP contribution is 2.49. The maximum Gasteiger partial charge on any atom is 0.317 e. The summed E-state index contributed by atoms with van der Waals surface area (Å²) in [7, 11) is 4.09. The lowest BCUT2D eigenvalue weighted by atomic mass is 9.73. The number of aromatic nitrogens is 1. The Morgan fingerprint density at radius 1 is 1.37 bits per heavy atom. The van der Waals surface area contributed by atoms with Crippen molar-refractivity contribution in [3.05, 3.63) is 35.0 Å². The van der Waals surface area contributed by atoms with E-state index in [1.807, 2.05) is 14.0 Å². The average Bonchev–Trinajstić information content (AvgIpc) is 3.44. The van der Waals surface area contributed by atoms with Crippen LogP contribution in [0.5, 0.6) is 0 Å². The first-order chi connectivity index (χ1) is 13.1. The van der Waals surface area contributed by atoms with Crippen LogP contribution in [0, 0.1) is 0 Å². The summed E-state index contributed by atoms with van der Waals surface area (Å²) in [6.07, 6.45) is 4.83. The SMILES string of the molecule is CCN(C)C(=O)NC1CC2c3cccc4[nH]c(C5CC5)c(c34)C[C@H]2N(C)C1. The highest BCUT2D eigenvalue weighted by molar-refractivity contribution is 5.90.